The normalized spacial score (nSPS) is 22.1. The van der Waals surface area contributed by atoms with Gasteiger partial charge in [0.05, 0.1) is 5.56 Å². The molecule has 2 saturated heterocycles. The summed E-state index contributed by atoms with van der Waals surface area (Å²) in [6, 6.07) is 3.12. The Morgan fingerprint density at radius 2 is 1.96 bits per heavy atom. The van der Waals surface area contributed by atoms with Crippen LogP contribution in [-0.2, 0) is 0 Å². The number of piperazine rings is 1. The fourth-order valence-corrected chi connectivity index (χ4v) is 3.41. The van der Waals surface area contributed by atoms with Crippen LogP contribution in [0.4, 0.5) is 8.78 Å². The molecule has 2 fully saturated rings. The van der Waals surface area contributed by atoms with E-state index in [1.54, 1.807) is 4.90 Å². The van der Waals surface area contributed by atoms with Crippen molar-refractivity contribution >= 4 is 18.3 Å². The molecule has 2 heterocycles. The van der Waals surface area contributed by atoms with Gasteiger partial charge in [0.15, 0.2) is 0 Å². The summed E-state index contributed by atoms with van der Waals surface area (Å²) in [5.74, 6) is -1.11. The first-order chi connectivity index (χ1) is 11.1. The molecule has 0 spiro atoms. The van der Waals surface area contributed by atoms with Crippen molar-refractivity contribution in [3.63, 3.8) is 0 Å². The minimum atomic E-state index is -0.786. The molecule has 1 amide bonds. The first-order valence-corrected chi connectivity index (χ1v) is 8.31. The van der Waals surface area contributed by atoms with Crippen molar-refractivity contribution in [1.82, 2.24) is 15.1 Å². The van der Waals surface area contributed by atoms with Crippen molar-refractivity contribution in [2.24, 2.45) is 5.92 Å². The van der Waals surface area contributed by atoms with Crippen molar-refractivity contribution in [2.45, 2.75) is 12.8 Å². The molecule has 0 saturated carbocycles. The lowest BCUT2D eigenvalue weighted by Gasteiger charge is -2.37. The van der Waals surface area contributed by atoms with Gasteiger partial charge < -0.3 is 10.2 Å². The molecule has 1 N–H and O–H groups in total. The lowest BCUT2D eigenvalue weighted by Crippen LogP contribution is -2.51. The molecule has 0 aromatic heterocycles. The molecular weight excluding hydrogens is 336 g/mol. The number of amides is 1. The summed E-state index contributed by atoms with van der Waals surface area (Å²) in [7, 11) is 0. The van der Waals surface area contributed by atoms with E-state index in [1.165, 1.54) is 18.9 Å². The Morgan fingerprint density at radius 3 is 2.58 bits per heavy atom. The molecule has 0 bridgehead atoms. The van der Waals surface area contributed by atoms with Gasteiger partial charge in [-0.05, 0) is 44.0 Å². The van der Waals surface area contributed by atoms with Crippen molar-refractivity contribution in [1.29, 1.82) is 0 Å². The molecular formula is C17H24ClF2N3O. The van der Waals surface area contributed by atoms with Crippen LogP contribution < -0.4 is 5.32 Å². The Labute approximate surface area is 147 Å². The van der Waals surface area contributed by atoms with E-state index >= 15 is 0 Å². The molecule has 0 aliphatic carbocycles. The number of rotatable bonds is 3. The lowest BCUT2D eigenvalue weighted by molar-refractivity contribution is 0.0605. The molecule has 3 rings (SSSR count). The van der Waals surface area contributed by atoms with E-state index in [2.05, 4.69) is 10.2 Å². The molecule has 134 valence electrons. The zero-order chi connectivity index (χ0) is 16.2. The van der Waals surface area contributed by atoms with Gasteiger partial charge in [-0.25, -0.2) is 8.78 Å². The number of benzene rings is 1. The number of hydrogen-bond acceptors (Lipinski definition) is 3. The molecule has 2 aliphatic heterocycles. The first-order valence-electron chi connectivity index (χ1n) is 8.31. The first kappa shape index (κ1) is 19.1. The lowest BCUT2D eigenvalue weighted by atomic mass is 9.99. The van der Waals surface area contributed by atoms with E-state index in [9.17, 15) is 13.6 Å². The van der Waals surface area contributed by atoms with Gasteiger partial charge in [0.25, 0.3) is 5.91 Å². The van der Waals surface area contributed by atoms with Crippen LogP contribution in [0.2, 0.25) is 0 Å². The van der Waals surface area contributed by atoms with E-state index < -0.39 is 11.6 Å². The highest BCUT2D eigenvalue weighted by molar-refractivity contribution is 5.94. The van der Waals surface area contributed by atoms with Crippen LogP contribution in [0.3, 0.4) is 0 Å². The van der Waals surface area contributed by atoms with Gasteiger partial charge in [-0.15, -0.1) is 12.4 Å². The summed E-state index contributed by atoms with van der Waals surface area (Å²) in [5, 5.41) is 3.42. The van der Waals surface area contributed by atoms with Crippen LogP contribution in [0, 0.1) is 17.6 Å². The number of halogens is 3. The SMILES string of the molecule is Cl.O=C(c1ccc(F)cc1F)N1CCN(CC2CCCNC2)CC1. The molecule has 1 atom stereocenters. The largest absolute Gasteiger partial charge is 0.336 e. The highest BCUT2D eigenvalue weighted by Crippen LogP contribution is 2.16. The zero-order valence-electron chi connectivity index (χ0n) is 13.6. The van der Waals surface area contributed by atoms with E-state index in [0.29, 0.717) is 19.0 Å². The Hall–Kier alpha value is -1.24. The summed E-state index contributed by atoms with van der Waals surface area (Å²) >= 11 is 0. The summed E-state index contributed by atoms with van der Waals surface area (Å²) < 4.78 is 26.7. The maximum Gasteiger partial charge on any atom is 0.256 e. The van der Waals surface area contributed by atoms with Crippen LogP contribution in [0.5, 0.6) is 0 Å². The Balaban J connectivity index is 0.00000208. The van der Waals surface area contributed by atoms with Crippen molar-refractivity contribution in [2.75, 3.05) is 45.8 Å². The predicted molar refractivity (Wildman–Crippen MR) is 91.5 cm³/mol. The van der Waals surface area contributed by atoms with Crippen molar-refractivity contribution in [3.8, 4) is 0 Å². The summed E-state index contributed by atoms with van der Waals surface area (Å²) in [6.07, 6.45) is 2.49. The highest BCUT2D eigenvalue weighted by Gasteiger charge is 2.25. The maximum atomic E-state index is 13.7. The number of piperidine rings is 1. The molecule has 7 heteroatoms. The van der Waals surface area contributed by atoms with Gasteiger partial charge in [0.1, 0.15) is 11.6 Å². The van der Waals surface area contributed by atoms with Gasteiger partial charge >= 0.3 is 0 Å². The molecule has 4 nitrogen and oxygen atoms in total. The summed E-state index contributed by atoms with van der Waals surface area (Å²) in [5.41, 5.74) is -0.0451. The maximum absolute atomic E-state index is 13.7. The molecule has 24 heavy (non-hydrogen) atoms. The van der Waals surface area contributed by atoms with Crippen LogP contribution in [0.15, 0.2) is 18.2 Å². The summed E-state index contributed by atoms with van der Waals surface area (Å²) in [4.78, 5) is 16.4. The van der Waals surface area contributed by atoms with Gasteiger partial charge in [-0.2, -0.15) is 0 Å². The topological polar surface area (TPSA) is 35.6 Å². The molecule has 0 radical (unpaired) electrons. The second-order valence-electron chi connectivity index (χ2n) is 6.43. The number of nitrogens with zero attached hydrogens (tertiary/aromatic N) is 2. The zero-order valence-corrected chi connectivity index (χ0v) is 14.5. The van der Waals surface area contributed by atoms with Crippen LogP contribution >= 0.6 is 12.4 Å². The van der Waals surface area contributed by atoms with Gasteiger partial charge in [-0.1, -0.05) is 0 Å². The van der Waals surface area contributed by atoms with E-state index in [0.717, 1.165) is 44.9 Å². The average Bonchev–Trinajstić information content (AvgIpc) is 2.56. The van der Waals surface area contributed by atoms with Crippen molar-refractivity contribution < 1.29 is 13.6 Å². The molecule has 1 aromatic rings. The van der Waals surface area contributed by atoms with Gasteiger partial charge in [0.2, 0.25) is 0 Å². The van der Waals surface area contributed by atoms with Gasteiger partial charge in [0, 0.05) is 38.8 Å². The smallest absolute Gasteiger partial charge is 0.256 e. The van der Waals surface area contributed by atoms with Crippen molar-refractivity contribution in [3.05, 3.63) is 35.4 Å². The molecule has 2 aliphatic rings. The third-order valence-corrected chi connectivity index (χ3v) is 4.74. The second-order valence-corrected chi connectivity index (χ2v) is 6.43. The Bertz CT molecular complexity index is 559. The quantitative estimate of drug-likeness (QED) is 0.898. The monoisotopic (exact) mass is 359 g/mol. The number of carbonyl (C=O) groups is 1. The van der Waals surface area contributed by atoms with E-state index in [4.69, 9.17) is 0 Å². The number of hydrogen-bond donors (Lipinski definition) is 1. The third kappa shape index (κ3) is 4.65. The fraction of sp³-hybridized carbons (Fsp3) is 0.588. The third-order valence-electron chi connectivity index (χ3n) is 4.74. The van der Waals surface area contributed by atoms with Crippen LogP contribution in [0.1, 0.15) is 23.2 Å². The fourth-order valence-electron chi connectivity index (χ4n) is 3.41. The predicted octanol–water partition coefficient (Wildman–Crippen LogP) is 2.14. The molecule has 1 aromatic carbocycles. The average molecular weight is 360 g/mol. The van der Waals surface area contributed by atoms with Crippen LogP contribution in [0.25, 0.3) is 0 Å². The van der Waals surface area contributed by atoms with E-state index in [1.807, 2.05) is 0 Å². The highest BCUT2D eigenvalue weighted by atomic mass is 35.5. The molecule has 1 unspecified atom stereocenters. The van der Waals surface area contributed by atoms with Gasteiger partial charge in [-0.3, -0.25) is 9.69 Å². The van der Waals surface area contributed by atoms with Crippen LogP contribution in [-0.4, -0.2) is 61.5 Å². The number of carbonyl (C=O) groups excluding carboxylic acids is 1. The standard InChI is InChI=1S/C17H23F2N3O.ClH/c18-14-3-4-15(16(19)10-14)17(23)22-8-6-21(7-9-22)12-13-2-1-5-20-11-13;/h3-4,10,13,20H,1-2,5-9,11-12H2;1H. The minimum absolute atomic E-state index is 0. The minimum Gasteiger partial charge on any atom is -0.336 e. The number of nitrogens with one attached hydrogen (secondary N) is 1. The van der Waals surface area contributed by atoms with E-state index in [-0.39, 0.29) is 23.9 Å². The Kier molecular flexibility index (Phi) is 6.95. The second kappa shape index (κ2) is 8.74. The summed E-state index contributed by atoms with van der Waals surface area (Å²) in [6.45, 7) is 6.05. The Morgan fingerprint density at radius 1 is 1.21 bits per heavy atom.